The fourth-order valence-corrected chi connectivity index (χ4v) is 6.05. The summed E-state index contributed by atoms with van der Waals surface area (Å²) in [5, 5.41) is 0. The molecule has 2 aliphatic rings. The summed E-state index contributed by atoms with van der Waals surface area (Å²) in [6.45, 7) is 22.5. The van der Waals surface area contributed by atoms with Gasteiger partial charge in [-0.25, -0.2) is 0 Å². The van der Waals surface area contributed by atoms with Crippen LogP contribution in [0.2, 0.25) is 0 Å². The van der Waals surface area contributed by atoms with Crippen LogP contribution < -0.4 is 0 Å². The van der Waals surface area contributed by atoms with E-state index in [4.69, 9.17) is 0 Å². The van der Waals surface area contributed by atoms with E-state index in [9.17, 15) is 0 Å². The number of hydrogen-bond acceptors (Lipinski definition) is 1. The molecule has 1 heteroatoms. The first-order valence-corrected chi connectivity index (χ1v) is 10.6. The number of allylic oxidation sites excluding steroid dienone is 5. The molecule has 0 amide bonds. The van der Waals surface area contributed by atoms with Crippen LogP contribution in [0.1, 0.15) is 65.5 Å². The predicted molar refractivity (Wildman–Crippen MR) is 119 cm³/mol. The number of rotatable bonds is 3. The van der Waals surface area contributed by atoms with Crippen molar-refractivity contribution < 1.29 is 0 Å². The lowest BCUT2D eigenvalue weighted by atomic mass is 9.65. The molecule has 0 fully saturated rings. The third kappa shape index (κ3) is 3.27. The Bertz CT molecular complexity index is 825. The van der Waals surface area contributed by atoms with Gasteiger partial charge >= 0.3 is 0 Å². The molecule has 1 aromatic rings. The van der Waals surface area contributed by atoms with Crippen molar-refractivity contribution in [3.05, 3.63) is 70.2 Å². The van der Waals surface area contributed by atoms with E-state index in [1.807, 2.05) is 11.8 Å². The molecular formula is C25H32S. The van der Waals surface area contributed by atoms with Crippen molar-refractivity contribution in [3.8, 4) is 0 Å². The van der Waals surface area contributed by atoms with Crippen LogP contribution >= 0.6 is 11.8 Å². The minimum atomic E-state index is 0.248. The molecule has 0 saturated carbocycles. The lowest BCUT2D eigenvalue weighted by Gasteiger charge is -2.46. The fourth-order valence-electron chi connectivity index (χ4n) is 4.30. The molecule has 3 rings (SSSR count). The van der Waals surface area contributed by atoms with Crippen LogP contribution in [-0.4, -0.2) is 5.75 Å². The zero-order valence-corrected chi connectivity index (χ0v) is 18.1. The van der Waals surface area contributed by atoms with E-state index < -0.39 is 0 Å². The highest BCUT2D eigenvalue weighted by Crippen LogP contribution is 2.58. The van der Waals surface area contributed by atoms with Crippen LogP contribution in [0.3, 0.4) is 0 Å². The average molecular weight is 365 g/mol. The number of hydrogen-bond donors (Lipinski definition) is 0. The maximum absolute atomic E-state index is 4.48. The molecule has 0 unspecified atom stereocenters. The molecule has 1 aliphatic carbocycles. The van der Waals surface area contributed by atoms with Gasteiger partial charge in [-0.3, -0.25) is 0 Å². The van der Waals surface area contributed by atoms with Gasteiger partial charge in [-0.15, -0.1) is 11.8 Å². The van der Waals surface area contributed by atoms with E-state index in [-0.39, 0.29) is 5.41 Å². The van der Waals surface area contributed by atoms with Gasteiger partial charge in [0.25, 0.3) is 0 Å². The smallest absolute Gasteiger partial charge is 0.0237 e. The molecule has 26 heavy (non-hydrogen) atoms. The molecule has 0 radical (unpaired) electrons. The summed E-state index contributed by atoms with van der Waals surface area (Å²) >= 11 is 2.05. The Balaban J connectivity index is 2.04. The Morgan fingerprint density at radius 2 is 1.46 bits per heavy atom. The molecule has 138 valence electrons. The summed E-state index contributed by atoms with van der Waals surface area (Å²) in [4.78, 5) is 1.61. The van der Waals surface area contributed by atoms with Crippen LogP contribution in [0.5, 0.6) is 0 Å². The lowest BCUT2D eigenvalue weighted by Crippen LogP contribution is -2.32. The average Bonchev–Trinajstić information content (AvgIpc) is 2.58. The van der Waals surface area contributed by atoms with Crippen LogP contribution in [0.25, 0.3) is 11.1 Å². The standard InChI is InChI=1S/C25H32S/c1-16(2)19-9-11-20(12-10-19)17(3)21-15-26-23-22(18(21)4)24(5,6)13-14-25(23,7)8/h9-12H,1,3,13-15H2,2,4-8H3. The molecule has 1 aromatic carbocycles. The largest absolute Gasteiger partial charge is 0.125 e. The minimum Gasteiger partial charge on any atom is -0.125 e. The molecule has 0 saturated heterocycles. The zero-order chi connectivity index (χ0) is 19.3. The van der Waals surface area contributed by atoms with Crippen molar-refractivity contribution in [3.63, 3.8) is 0 Å². The van der Waals surface area contributed by atoms with Gasteiger partial charge in [-0.05, 0) is 75.8 Å². The summed E-state index contributed by atoms with van der Waals surface area (Å²) in [5.41, 5.74) is 9.71. The monoisotopic (exact) mass is 364 g/mol. The Labute approximate surface area is 164 Å². The third-order valence-corrected chi connectivity index (χ3v) is 7.65. The van der Waals surface area contributed by atoms with E-state index in [2.05, 4.69) is 79.0 Å². The SMILES string of the molecule is C=C(C)c1ccc(C(=C)C2=C(C)C3=C(SC2)C(C)(C)CCC3(C)C)cc1. The number of benzene rings is 1. The Hall–Kier alpha value is -1.47. The molecule has 0 nitrogen and oxygen atoms in total. The van der Waals surface area contributed by atoms with Crippen molar-refractivity contribution >= 4 is 22.9 Å². The van der Waals surface area contributed by atoms with Gasteiger partial charge in [0.2, 0.25) is 0 Å². The van der Waals surface area contributed by atoms with Crippen molar-refractivity contribution in [1.29, 1.82) is 0 Å². The molecule has 1 aliphatic heterocycles. The Morgan fingerprint density at radius 1 is 0.923 bits per heavy atom. The van der Waals surface area contributed by atoms with Gasteiger partial charge in [-0.2, -0.15) is 0 Å². The molecule has 0 bridgehead atoms. The summed E-state index contributed by atoms with van der Waals surface area (Å²) in [6.07, 6.45) is 2.53. The minimum absolute atomic E-state index is 0.248. The Kier molecular flexibility index (Phi) is 4.90. The van der Waals surface area contributed by atoms with Gasteiger partial charge in [-0.1, -0.05) is 70.7 Å². The van der Waals surface area contributed by atoms with E-state index in [0.717, 1.165) is 11.3 Å². The fraction of sp³-hybridized carbons (Fsp3) is 0.440. The Morgan fingerprint density at radius 3 is 2.04 bits per heavy atom. The highest BCUT2D eigenvalue weighted by molar-refractivity contribution is 8.03. The van der Waals surface area contributed by atoms with E-state index in [1.54, 1.807) is 10.5 Å². The van der Waals surface area contributed by atoms with Crippen LogP contribution in [0.4, 0.5) is 0 Å². The molecule has 1 heterocycles. The third-order valence-electron chi connectivity index (χ3n) is 6.17. The predicted octanol–water partition coefficient (Wildman–Crippen LogP) is 7.90. The normalized spacial score (nSPS) is 21.5. The molecule has 0 atom stereocenters. The topological polar surface area (TPSA) is 0 Å². The van der Waals surface area contributed by atoms with E-state index >= 15 is 0 Å². The molecule has 0 spiro atoms. The van der Waals surface area contributed by atoms with Crippen molar-refractivity contribution in [2.75, 3.05) is 5.75 Å². The summed E-state index contributed by atoms with van der Waals surface area (Å²) in [5.74, 6) is 1.03. The van der Waals surface area contributed by atoms with Crippen molar-refractivity contribution in [2.24, 2.45) is 10.8 Å². The summed E-state index contributed by atoms with van der Waals surface area (Å²) in [7, 11) is 0. The summed E-state index contributed by atoms with van der Waals surface area (Å²) < 4.78 is 0. The second-order valence-electron chi connectivity index (χ2n) is 9.20. The first-order valence-electron chi connectivity index (χ1n) is 9.58. The molecule has 0 N–H and O–H groups in total. The van der Waals surface area contributed by atoms with Crippen LogP contribution in [-0.2, 0) is 0 Å². The first-order chi connectivity index (χ1) is 12.0. The molecule has 0 aromatic heterocycles. The molecular weight excluding hydrogens is 332 g/mol. The van der Waals surface area contributed by atoms with Crippen molar-refractivity contribution in [1.82, 2.24) is 0 Å². The van der Waals surface area contributed by atoms with Gasteiger partial charge < -0.3 is 0 Å². The highest BCUT2D eigenvalue weighted by atomic mass is 32.2. The second-order valence-corrected chi connectivity index (χ2v) is 10.2. The quantitative estimate of drug-likeness (QED) is 0.525. The summed E-state index contributed by atoms with van der Waals surface area (Å²) in [6, 6.07) is 8.70. The maximum atomic E-state index is 4.48. The van der Waals surface area contributed by atoms with Gasteiger partial charge in [0.15, 0.2) is 0 Å². The second kappa shape index (κ2) is 6.60. The van der Waals surface area contributed by atoms with Gasteiger partial charge in [0.1, 0.15) is 0 Å². The van der Waals surface area contributed by atoms with Crippen LogP contribution in [0, 0.1) is 10.8 Å². The zero-order valence-electron chi connectivity index (χ0n) is 17.3. The highest BCUT2D eigenvalue weighted by Gasteiger charge is 2.42. The number of thioether (sulfide) groups is 1. The van der Waals surface area contributed by atoms with Crippen LogP contribution in [0.15, 0.2) is 59.0 Å². The maximum Gasteiger partial charge on any atom is 0.0237 e. The first kappa shape index (κ1) is 19.3. The van der Waals surface area contributed by atoms with Gasteiger partial charge in [0.05, 0.1) is 0 Å². The van der Waals surface area contributed by atoms with E-state index in [1.165, 1.54) is 40.7 Å². The lowest BCUT2D eigenvalue weighted by molar-refractivity contribution is 0.277. The van der Waals surface area contributed by atoms with Gasteiger partial charge in [0, 0.05) is 5.75 Å². The van der Waals surface area contributed by atoms with E-state index in [0.29, 0.717) is 5.41 Å². The van der Waals surface area contributed by atoms with Crippen molar-refractivity contribution in [2.45, 2.75) is 54.4 Å².